The first-order chi connectivity index (χ1) is 9.25. The molecule has 0 aliphatic rings. The number of amides is 1. The summed E-state index contributed by atoms with van der Waals surface area (Å²) in [7, 11) is 0. The van der Waals surface area contributed by atoms with E-state index in [2.05, 4.69) is 4.98 Å². The molecule has 3 nitrogen and oxygen atoms in total. The molecule has 0 aliphatic heterocycles. The quantitative estimate of drug-likeness (QED) is 0.926. The number of thiazole rings is 1. The fourth-order valence-electron chi connectivity index (χ4n) is 1.28. The van der Waals surface area contributed by atoms with E-state index in [1.807, 2.05) is 63.4 Å². The lowest BCUT2D eigenvalue weighted by molar-refractivity contribution is -0.117. The van der Waals surface area contributed by atoms with Crippen molar-refractivity contribution in [3.8, 4) is 10.6 Å². The third-order valence-electron chi connectivity index (χ3n) is 1.93. The summed E-state index contributed by atoms with van der Waals surface area (Å²) < 4.78 is 0. The van der Waals surface area contributed by atoms with Gasteiger partial charge in [0.1, 0.15) is 5.01 Å². The molecule has 0 fully saturated rings. The number of carbonyl (C=O) groups excluding carboxylic acids is 1. The van der Waals surface area contributed by atoms with Gasteiger partial charge in [-0.2, -0.15) is 0 Å². The van der Waals surface area contributed by atoms with Gasteiger partial charge in [0.2, 0.25) is 5.91 Å². The molecule has 1 amide bonds. The van der Waals surface area contributed by atoms with Crippen LogP contribution in [0.2, 0.25) is 0 Å². The van der Waals surface area contributed by atoms with Gasteiger partial charge in [-0.1, -0.05) is 58.0 Å². The Hall–Kier alpha value is -1.68. The summed E-state index contributed by atoms with van der Waals surface area (Å²) in [6.07, 6.45) is 0.212. The van der Waals surface area contributed by atoms with Crippen molar-refractivity contribution in [2.45, 2.75) is 34.1 Å². The monoisotopic (exact) mass is 278 g/mol. The van der Waals surface area contributed by atoms with E-state index in [-0.39, 0.29) is 12.3 Å². The van der Waals surface area contributed by atoms with Gasteiger partial charge in [-0.15, -0.1) is 11.3 Å². The molecule has 0 bridgehead atoms. The van der Waals surface area contributed by atoms with Gasteiger partial charge < -0.3 is 5.73 Å². The van der Waals surface area contributed by atoms with E-state index >= 15 is 0 Å². The van der Waals surface area contributed by atoms with Crippen LogP contribution in [0, 0.1) is 0 Å². The number of hydrogen-bond acceptors (Lipinski definition) is 3. The molecule has 0 atom stereocenters. The molecule has 0 saturated heterocycles. The molecular weight excluding hydrogens is 256 g/mol. The molecule has 0 unspecified atom stereocenters. The number of aromatic nitrogens is 1. The Morgan fingerprint density at radius 2 is 1.74 bits per heavy atom. The SMILES string of the molecule is CC.CC.NC(=O)Cc1csc(-c2ccccc2)n1. The minimum absolute atomic E-state index is 0.212. The van der Waals surface area contributed by atoms with Crippen LogP contribution in [0.25, 0.3) is 10.6 Å². The van der Waals surface area contributed by atoms with Crippen molar-refractivity contribution < 1.29 is 4.79 Å². The Bertz CT molecular complexity index is 466. The van der Waals surface area contributed by atoms with Crippen LogP contribution in [0.15, 0.2) is 35.7 Å². The largest absolute Gasteiger partial charge is 0.369 e. The van der Waals surface area contributed by atoms with Crippen LogP contribution in [0.3, 0.4) is 0 Å². The first kappa shape index (κ1) is 17.3. The number of hydrogen-bond donors (Lipinski definition) is 1. The lowest BCUT2D eigenvalue weighted by Gasteiger charge is -1.93. The molecule has 0 saturated carbocycles. The number of nitrogens with two attached hydrogens (primary N) is 1. The molecule has 0 aliphatic carbocycles. The summed E-state index contributed by atoms with van der Waals surface area (Å²) in [6, 6.07) is 9.87. The van der Waals surface area contributed by atoms with Gasteiger partial charge in [0.15, 0.2) is 0 Å². The molecule has 2 rings (SSSR count). The summed E-state index contributed by atoms with van der Waals surface area (Å²) in [4.78, 5) is 15.0. The van der Waals surface area contributed by atoms with Crippen LogP contribution in [-0.4, -0.2) is 10.9 Å². The molecule has 1 aromatic carbocycles. The van der Waals surface area contributed by atoms with Crippen LogP contribution in [0.5, 0.6) is 0 Å². The predicted octanol–water partition coefficient (Wildman–Crippen LogP) is 3.89. The Morgan fingerprint density at radius 1 is 1.16 bits per heavy atom. The number of nitrogens with zero attached hydrogens (tertiary/aromatic N) is 1. The predicted molar refractivity (Wildman–Crippen MR) is 83.1 cm³/mol. The topological polar surface area (TPSA) is 56.0 Å². The van der Waals surface area contributed by atoms with Crippen LogP contribution in [0.1, 0.15) is 33.4 Å². The molecule has 2 N–H and O–H groups in total. The van der Waals surface area contributed by atoms with Crippen molar-refractivity contribution in [1.82, 2.24) is 4.98 Å². The van der Waals surface area contributed by atoms with Crippen molar-refractivity contribution in [2.24, 2.45) is 5.73 Å². The highest BCUT2D eigenvalue weighted by molar-refractivity contribution is 7.13. The van der Waals surface area contributed by atoms with E-state index in [0.29, 0.717) is 0 Å². The Morgan fingerprint density at radius 3 is 2.26 bits per heavy atom. The average Bonchev–Trinajstić information content (AvgIpc) is 2.92. The Balaban J connectivity index is 0.000000741. The van der Waals surface area contributed by atoms with Gasteiger partial charge >= 0.3 is 0 Å². The molecule has 1 heterocycles. The smallest absolute Gasteiger partial charge is 0.223 e. The van der Waals surface area contributed by atoms with Crippen molar-refractivity contribution in [1.29, 1.82) is 0 Å². The van der Waals surface area contributed by atoms with Gasteiger partial charge in [-0.25, -0.2) is 4.98 Å². The van der Waals surface area contributed by atoms with E-state index in [4.69, 9.17) is 5.73 Å². The summed E-state index contributed by atoms with van der Waals surface area (Å²) in [5.74, 6) is -0.347. The van der Waals surface area contributed by atoms with Gasteiger partial charge in [0, 0.05) is 10.9 Å². The maximum atomic E-state index is 10.7. The van der Waals surface area contributed by atoms with Gasteiger partial charge in [-0.3, -0.25) is 4.79 Å². The molecule has 4 heteroatoms. The van der Waals surface area contributed by atoms with Crippen LogP contribution >= 0.6 is 11.3 Å². The lowest BCUT2D eigenvalue weighted by Crippen LogP contribution is -2.13. The second-order valence-corrected chi connectivity index (χ2v) is 4.01. The van der Waals surface area contributed by atoms with Crippen molar-refractivity contribution >= 4 is 17.2 Å². The highest BCUT2D eigenvalue weighted by atomic mass is 32.1. The summed E-state index contributed by atoms with van der Waals surface area (Å²) >= 11 is 1.53. The van der Waals surface area contributed by atoms with Crippen molar-refractivity contribution in [3.05, 3.63) is 41.4 Å². The van der Waals surface area contributed by atoms with Crippen LogP contribution in [0.4, 0.5) is 0 Å². The minimum atomic E-state index is -0.347. The Kier molecular flexibility index (Phi) is 9.35. The minimum Gasteiger partial charge on any atom is -0.369 e. The molecule has 1 aromatic heterocycles. The van der Waals surface area contributed by atoms with Crippen molar-refractivity contribution in [3.63, 3.8) is 0 Å². The van der Waals surface area contributed by atoms with Gasteiger partial charge in [-0.05, 0) is 0 Å². The Labute approximate surface area is 119 Å². The fraction of sp³-hybridized carbons (Fsp3) is 0.333. The molecule has 19 heavy (non-hydrogen) atoms. The number of primary amides is 1. The third-order valence-corrected chi connectivity index (χ3v) is 2.87. The first-order valence-electron chi connectivity index (χ1n) is 6.54. The fourth-order valence-corrected chi connectivity index (χ4v) is 2.11. The van der Waals surface area contributed by atoms with Crippen molar-refractivity contribution in [2.75, 3.05) is 0 Å². The summed E-state index contributed by atoms with van der Waals surface area (Å²) in [5, 5.41) is 2.79. The number of carbonyl (C=O) groups is 1. The maximum Gasteiger partial charge on any atom is 0.223 e. The van der Waals surface area contributed by atoms with Crippen LogP contribution in [-0.2, 0) is 11.2 Å². The third kappa shape index (κ3) is 6.15. The zero-order chi connectivity index (χ0) is 14.7. The zero-order valence-electron chi connectivity index (χ0n) is 12.0. The van der Waals surface area contributed by atoms with E-state index in [0.717, 1.165) is 16.3 Å². The average molecular weight is 278 g/mol. The van der Waals surface area contributed by atoms with Crippen LogP contribution < -0.4 is 5.73 Å². The van der Waals surface area contributed by atoms with Gasteiger partial charge in [0.05, 0.1) is 12.1 Å². The zero-order valence-corrected chi connectivity index (χ0v) is 12.8. The summed E-state index contributed by atoms with van der Waals surface area (Å²) in [5.41, 5.74) is 6.91. The normalized spacial score (nSPS) is 8.63. The number of rotatable bonds is 3. The highest BCUT2D eigenvalue weighted by Crippen LogP contribution is 2.23. The standard InChI is InChI=1S/C11H10N2OS.2C2H6/c12-10(14)6-9-7-15-11(13-9)8-4-2-1-3-5-8;2*1-2/h1-5,7H,6H2,(H2,12,14);2*1-2H3. The summed E-state index contributed by atoms with van der Waals surface area (Å²) in [6.45, 7) is 8.00. The van der Waals surface area contributed by atoms with Gasteiger partial charge in [0.25, 0.3) is 0 Å². The molecular formula is C15H22N2OS. The first-order valence-corrected chi connectivity index (χ1v) is 7.42. The van der Waals surface area contributed by atoms with E-state index in [1.54, 1.807) is 0 Å². The number of benzene rings is 1. The lowest BCUT2D eigenvalue weighted by atomic mass is 10.2. The molecule has 2 aromatic rings. The molecule has 0 radical (unpaired) electrons. The second-order valence-electron chi connectivity index (χ2n) is 3.15. The van der Waals surface area contributed by atoms with E-state index in [1.165, 1.54) is 11.3 Å². The van der Waals surface area contributed by atoms with E-state index < -0.39 is 0 Å². The molecule has 104 valence electrons. The maximum absolute atomic E-state index is 10.7. The van der Waals surface area contributed by atoms with E-state index in [9.17, 15) is 4.79 Å². The molecule has 0 spiro atoms. The highest BCUT2D eigenvalue weighted by Gasteiger charge is 2.05. The second kappa shape index (κ2) is 10.3.